The standard InChI is InChI=1S/C17H18O2/c18-13-4-14-19-17-11-9-16(10-12-17)8-7-15-5-2-1-3-6-15/h1-3,5-12,18H,4,13-14H2/b8-7+. The largest absolute Gasteiger partial charge is 0.494 e. The molecule has 19 heavy (non-hydrogen) atoms. The van der Waals surface area contributed by atoms with E-state index >= 15 is 0 Å². The highest BCUT2D eigenvalue weighted by Crippen LogP contribution is 2.14. The number of aliphatic hydroxyl groups excluding tert-OH is 1. The van der Waals surface area contributed by atoms with Crippen LogP contribution in [0, 0.1) is 0 Å². The lowest BCUT2D eigenvalue weighted by atomic mass is 10.1. The number of hydrogen-bond donors (Lipinski definition) is 1. The van der Waals surface area contributed by atoms with Gasteiger partial charge in [0.2, 0.25) is 0 Å². The smallest absolute Gasteiger partial charge is 0.119 e. The zero-order chi connectivity index (χ0) is 13.3. The highest BCUT2D eigenvalue weighted by molar-refractivity contribution is 5.69. The minimum atomic E-state index is 0.165. The van der Waals surface area contributed by atoms with Crippen molar-refractivity contribution in [1.82, 2.24) is 0 Å². The van der Waals surface area contributed by atoms with Crippen LogP contribution in [0.15, 0.2) is 54.6 Å². The Labute approximate surface area is 114 Å². The Hall–Kier alpha value is -2.06. The first kappa shape index (κ1) is 13.4. The first-order chi connectivity index (χ1) is 9.38. The van der Waals surface area contributed by atoms with Crippen molar-refractivity contribution >= 4 is 12.2 Å². The lowest BCUT2D eigenvalue weighted by Crippen LogP contribution is -1.99. The molecule has 0 unspecified atom stereocenters. The third kappa shape index (κ3) is 4.60. The molecule has 0 aliphatic rings. The van der Waals surface area contributed by atoms with Crippen molar-refractivity contribution in [3.05, 3.63) is 65.7 Å². The first-order valence-corrected chi connectivity index (χ1v) is 6.45. The molecule has 2 nitrogen and oxygen atoms in total. The lowest BCUT2D eigenvalue weighted by Gasteiger charge is -2.04. The third-order valence-corrected chi connectivity index (χ3v) is 2.72. The average Bonchev–Trinajstić information content (AvgIpc) is 2.48. The van der Waals surface area contributed by atoms with Crippen molar-refractivity contribution in [2.75, 3.05) is 13.2 Å². The molecule has 0 bridgehead atoms. The van der Waals surface area contributed by atoms with E-state index in [1.807, 2.05) is 42.5 Å². The topological polar surface area (TPSA) is 29.5 Å². The minimum Gasteiger partial charge on any atom is -0.494 e. The SMILES string of the molecule is OCCCOc1ccc(/C=C/c2ccccc2)cc1. The van der Waals surface area contributed by atoms with Gasteiger partial charge in [-0.2, -0.15) is 0 Å². The summed E-state index contributed by atoms with van der Waals surface area (Å²) in [5.41, 5.74) is 2.32. The first-order valence-electron chi connectivity index (χ1n) is 6.45. The number of benzene rings is 2. The van der Waals surface area contributed by atoms with Crippen LogP contribution < -0.4 is 4.74 Å². The van der Waals surface area contributed by atoms with E-state index in [4.69, 9.17) is 9.84 Å². The van der Waals surface area contributed by atoms with E-state index in [1.165, 1.54) is 5.56 Å². The summed E-state index contributed by atoms with van der Waals surface area (Å²) in [4.78, 5) is 0. The molecule has 0 aromatic heterocycles. The Balaban J connectivity index is 1.93. The van der Waals surface area contributed by atoms with Crippen molar-refractivity contribution in [3.63, 3.8) is 0 Å². The quantitative estimate of drug-likeness (QED) is 0.630. The molecule has 2 heteroatoms. The summed E-state index contributed by atoms with van der Waals surface area (Å²) in [7, 11) is 0. The zero-order valence-corrected chi connectivity index (χ0v) is 10.8. The maximum absolute atomic E-state index is 8.68. The molecule has 0 saturated carbocycles. The van der Waals surface area contributed by atoms with Crippen LogP contribution in [0.4, 0.5) is 0 Å². The van der Waals surface area contributed by atoms with Gasteiger partial charge in [0.05, 0.1) is 6.61 Å². The van der Waals surface area contributed by atoms with Crippen LogP contribution in [0.5, 0.6) is 5.75 Å². The second-order valence-electron chi connectivity index (χ2n) is 4.24. The Morgan fingerprint density at radius 2 is 1.47 bits per heavy atom. The molecule has 0 amide bonds. The highest BCUT2D eigenvalue weighted by Gasteiger charge is 1.93. The molecule has 0 spiro atoms. The molecule has 0 aliphatic heterocycles. The van der Waals surface area contributed by atoms with Gasteiger partial charge in [-0.3, -0.25) is 0 Å². The highest BCUT2D eigenvalue weighted by atomic mass is 16.5. The molecule has 0 atom stereocenters. The normalized spacial score (nSPS) is 10.8. The molecule has 0 fully saturated rings. The molecule has 2 aromatic rings. The summed E-state index contributed by atoms with van der Waals surface area (Å²) in [6, 6.07) is 18.1. The van der Waals surface area contributed by atoms with Crippen LogP contribution in [0.25, 0.3) is 12.2 Å². The number of aliphatic hydroxyl groups is 1. The van der Waals surface area contributed by atoms with Gasteiger partial charge in [-0.05, 0) is 23.3 Å². The summed E-state index contributed by atoms with van der Waals surface area (Å²) in [6.07, 6.45) is 4.82. The summed E-state index contributed by atoms with van der Waals surface area (Å²) in [6.45, 7) is 0.716. The van der Waals surface area contributed by atoms with Gasteiger partial charge < -0.3 is 9.84 Å². The third-order valence-electron chi connectivity index (χ3n) is 2.72. The summed E-state index contributed by atoms with van der Waals surface area (Å²) < 4.78 is 5.48. The van der Waals surface area contributed by atoms with Crippen LogP contribution in [0.3, 0.4) is 0 Å². The summed E-state index contributed by atoms with van der Waals surface area (Å²) in [5, 5.41) is 8.68. The fourth-order valence-corrected chi connectivity index (χ4v) is 1.69. The van der Waals surface area contributed by atoms with E-state index in [9.17, 15) is 0 Å². The molecule has 2 rings (SSSR count). The minimum absolute atomic E-state index is 0.165. The predicted molar refractivity (Wildman–Crippen MR) is 79.0 cm³/mol. The molecular weight excluding hydrogens is 236 g/mol. The summed E-state index contributed by atoms with van der Waals surface area (Å²) >= 11 is 0. The van der Waals surface area contributed by atoms with Gasteiger partial charge in [0.25, 0.3) is 0 Å². The molecule has 0 heterocycles. The van der Waals surface area contributed by atoms with E-state index in [0.717, 1.165) is 11.3 Å². The second kappa shape index (κ2) is 7.39. The van der Waals surface area contributed by atoms with Gasteiger partial charge in [0.1, 0.15) is 5.75 Å². The second-order valence-corrected chi connectivity index (χ2v) is 4.24. The molecular formula is C17H18O2. The predicted octanol–water partition coefficient (Wildman–Crippen LogP) is 3.62. The maximum atomic E-state index is 8.68. The van der Waals surface area contributed by atoms with Crippen molar-refractivity contribution in [3.8, 4) is 5.75 Å². The van der Waals surface area contributed by atoms with Gasteiger partial charge in [0.15, 0.2) is 0 Å². The van der Waals surface area contributed by atoms with Gasteiger partial charge in [-0.15, -0.1) is 0 Å². The number of ether oxygens (including phenoxy) is 1. The van der Waals surface area contributed by atoms with Crippen LogP contribution in [-0.2, 0) is 0 Å². The van der Waals surface area contributed by atoms with Crippen molar-refractivity contribution in [2.24, 2.45) is 0 Å². The van der Waals surface area contributed by atoms with Crippen LogP contribution in [0.2, 0.25) is 0 Å². The molecule has 2 aromatic carbocycles. The molecule has 0 aliphatic carbocycles. The van der Waals surface area contributed by atoms with Crippen LogP contribution >= 0.6 is 0 Å². The Morgan fingerprint density at radius 3 is 2.11 bits per heavy atom. The van der Waals surface area contributed by atoms with Crippen molar-refractivity contribution in [1.29, 1.82) is 0 Å². The Bertz CT molecular complexity index is 501. The van der Waals surface area contributed by atoms with Crippen molar-refractivity contribution < 1.29 is 9.84 Å². The van der Waals surface area contributed by atoms with Gasteiger partial charge in [0, 0.05) is 13.0 Å². The summed E-state index contributed by atoms with van der Waals surface area (Å²) in [5.74, 6) is 0.838. The molecule has 0 radical (unpaired) electrons. The molecule has 1 N–H and O–H groups in total. The number of hydrogen-bond acceptors (Lipinski definition) is 2. The Morgan fingerprint density at radius 1 is 0.842 bits per heavy atom. The van der Waals surface area contributed by atoms with E-state index in [-0.39, 0.29) is 6.61 Å². The van der Waals surface area contributed by atoms with Gasteiger partial charge in [-0.25, -0.2) is 0 Å². The monoisotopic (exact) mass is 254 g/mol. The van der Waals surface area contributed by atoms with E-state index < -0.39 is 0 Å². The maximum Gasteiger partial charge on any atom is 0.119 e. The number of rotatable bonds is 6. The lowest BCUT2D eigenvalue weighted by molar-refractivity contribution is 0.233. The Kier molecular flexibility index (Phi) is 5.20. The fourth-order valence-electron chi connectivity index (χ4n) is 1.69. The van der Waals surface area contributed by atoms with E-state index in [2.05, 4.69) is 24.3 Å². The van der Waals surface area contributed by atoms with Gasteiger partial charge >= 0.3 is 0 Å². The zero-order valence-electron chi connectivity index (χ0n) is 10.8. The molecule has 0 saturated heterocycles. The van der Waals surface area contributed by atoms with Crippen molar-refractivity contribution in [2.45, 2.75) is 6.42 Å². The van der Waals surface area contributed by atoms with Crippen LogP contribution in [-0.4, -0.2) is 18.3 Å². The molecule has 98 valence electrons. The fraction of sp³-hybridized carbons (Fsp3) is 0.176. The van der Waals surface area contributed by atoms with Gasteiger partial charge in [-0.1, -0.05) is 54.6 Å². The van der Waals surface area contributed by atoms with Crippen LogP contribution in [0.1, 0.15) is 17.5 Å². The van der Waals surface area contributed by atoms with E-state index in [0.29, 0.717) is 13.0 Å². The average molecular weight is 254 g/mol. The van der Waals surface area contributed by atoms with E-state index in [1.54, 1.807) is 0 Å².